The molecule has 0 aliphatic heterocycles. The molecule has 4 aromatic rings. The molecule has 1 amide bonds. The number of fused-ring (bicyclic) bond motifs is 2. The highest BCUT2D eigenvalue weighted by molar-refractivity contribution is 6.35. The van der Waals surface area contributed by atoms with Gasteiger partial charge in [0, 0.05) is 46.3 Å². The first-order chi connectivity index (χ1) is 11.6. The molecule has 0 aliphatic carbocycles. The van der Waals surface area contributed by atoms with Crippen LogP contribution in [-0.2, 0) is 18.4 Å². The van der Waals surface area contributed by atoms with Gasteiger partial charge in [0.25, 0.3) is 0 Å². The normalized spacial score (nSPS) is 11.2. The third kappa shape index (κ3) is 2.45. The van der Waals surface area contributed by atoms with E-state index in [-0.39, 0.29) is 12.5 Å². The lowest BCUT2D eigenvalue weighted by atomic mass is 10.2. The van der Waals surface area contributed by atoms with Crippen LogP contribution in [0, 0.1) is 0 Å². The molecule has 0 radical (unpaired) electrons. The molecule has 4 nitrogen and oxygen atoms in total. The minimum atomic E-state index is -0.0659. The summed E-state index contributed by atoms with van der Waals surface area (Å²) in [5.41, 5.74) is 2.87. The molecular weight excluding hydrogens is 322 g/mol. The van der Waals surface area contributed by atoms with Crippen molar-refractivity contribution in [2.45, 2.75) is 6.54 Å². The van der Waals surface area contributed by atoms with Crippen LogP contribution in [0.4, 0.5) is 5.69 Å². The molecule has 0 saturated heterocycles. The number of rotatable bonds is 3. The number of carbonyl (C=O) groups excluding carboxylic acids is 1. The van der Waals surface area contributed by atoms with Gasteiger partial charge < -0.3 is 14.5 Å². The number of hydrogen-bond acceptors (Lipinski definition) is 1. The van der Waals surface area contributed by atoms with Crippen LogP contribution >= 0.6 is 11.6 Å². The zero-order valence-corrected chi connectivity index (χ0v) is 13.9. The van der Waals surface area contributed by atoms with Crippen molar-refractivity contribution in [2.24, 2.45) is 7.05 Å². The van der Waals surface area contributed by atoms with E-state index in [4.69, 9.17) is 11.6 Å². The number of nitrogens with one attached hydrogen (secondary N) is 1. The molecule has 1 N–H and O–H groups in total. The minimum absolute atomic E-state index is 0.0659. The first-order valence-electron chi connectivity index (χ1n) is 7.71. The second kappa shape index (κ2) is 5.73. The van der Waals surface area contributed by atoms with E-state index in [9.17, 15) is 4.79 Å². The Morgan fingerprint density at radius 1 is 1.00 bits per heavy atom. The zero-order chi connectivity index (χ0) is 16.7. The van der Waals surface area contributed by atoms with Crippen molar-refractivity contribution >= 4 is 45.0 Å². The molecule has 0 aliphatic rings. The monoisotopic (exact) mass is 337 g/mol. The van der Waals surface area contributed by atoms with Gasteiger partial charge in [-0.3, -0.25) is 4.79 Å². The van der Waals surface area contributed by atoms with Crippen LogP contribution in [0.25, 0.3) is 21.8 Å². The van der Waals surface area contributed by atoms with Crippen LogP contribution in [0.2, 0.25) is 5.02 Å². The molecule has 2 aromatic carbocycles. The SMILES string of the molecule is Cn1ccc2c(NC(=O)Cn3ccc4c(Cl)cccc43)cccc21. The van der Waals surface area contributed by atoms with Crippen LogP contribution in [0.5, 0.6) is 0 Å². The number of benzene rings is 2. The Bertz CT molecular complexity index is 1060. The van der Waals surface area contributed by atoms with Gasteiger partial charge >= 0.3 is 0 Å². The average molecular weight is 338 g/mol. The Labute approximate surface area is 144 Å². The summed E-state index contributed by atoms with van der Waals surface area (Å²) in [5, 5.41) is 5.70. The second-order valence-electron chi connectivity index (χ2n) is 5.83. The number of carbonyl (C=O) groups is 1. The van der Waals surface area contributed by atoms with Crippen LogP contribution in [-0.4, -0.2) is 15.0 Å². The van der Waals surface area contributed by atoms with Gasteiger partial charge in [-0.15, -0.1) is 0 Å². The molecule has 5 heteroatoms. The maximum absolute atomic E-state index is 12.5. The van der Waals surface area contributed by atoms with Gasteiger partial charge in [0.2, 0.25) is 5.91 Å². The summed E-state index contributed by atoms with van der Waals surface area (Å²) in [6.07, 6.45) is 3.88. The van der Waals surface area contributed by atoms with Gasteiger partial charge in [-0.2, -0.15) is 0 Å². The Morgan fingerprint density at radius 3 is 2.62 bits per heavy atom. The maximum Gasteiger partial charge on any atom is 0.244 e. The van der Waals surface area contributed by atoms with Crippen molar-refractivity contribution < 1.29 is 4.79 Å². The molecule has 2 aromatic heterocycles. The lowest BCUT2D eigenvalue weighted by Gasteiger charge is -2.09. The molecular formula is C19H16ClN3O. The summed E-state index contributed by atoms with van der Waals surface area (Å²) in [4.78, 5) is 12.5. The van der Waals surface area contributed by atoms with Crippen LogP contribution in [0.1, 0.15) is 0 Å². The quantitative estimate of drug-likeness (QED) is 0.590. The Morgan fingerprint density at radius 2 is 1.75 bits per heavy atom. The van der Waals surface area contributed by atoms with Gasteiger partial charge in [-0.25, -0.2) is 0 Å². The highest BCUT2D eigenvalue weighted by Crippen LogP contribution is 2.25. The minimum Gasteiger partial charge on any atom is -0.350 e. The summed E-state index contributed by atoms with van der Waals surface area (Å²) < 4.78 is 3.94. The predicted molar refractivity (Wildman–Crippen MR) is 98.5 cm³/mol. The Balaban J connectivity index is 1.61. The van der Waals surface area contributed by atoms with Crippen molar-refractivity contribution in [2.75, 3.05) is 5.32 Å². The maximum atomic E-state index is 12.5. The number of hydrogen-bond donors (Lipinski definition) is 1. The van der Waals surface area contributed by atoms with E-state index in [0.29, 0.717) is 5.02 Å². The van der Waals surface area contributed by atoms with Crippen molar-refractivity contribution in [3.8, 4) is 0 Å². The molecule has 4 rings (SSSR count). The number of nitrogens with zero attached hydrogens (tertiary/aromatic N) is 2. The van der Waals surface area contributed by atoms with E-state index >= 15 is 0 Å². The number of aryl methyl sites for hydroxylation is 1. The first-order valence-corrected chi connectivity index (χ1v) is 8.08. The largest absolute Gasteiger partial charge is 0.350 e. The molecule has 120 valence electrons. The van der Waals surface area contributed by atoms with Gasteiger partial charge in [0.15, 0.2) is 0 Å². The van der Waals surface area contributed by atoms with E-state index in [0.717, 1.165) is 27.5 Å². The molecule has 0 unspecified atom stereocenters. The summed E-state index contributed by atoms with van der Waals surface area (Å²) in [6.45, 7) is 0.243. The lowest BCUT2D eigenvalue weighted by Crippen LogP contribution is -2.18. The molecule has 0 spiro atoms. The number of anilines is 1. The highest BCUT2D eigenvalue weighted by atomic mass is 35.5. The fourth-order valence-electron chi connectivity index (χ4n) is 3.08. The number of amides is 1. The van der Waals surface area contributed by atoms with Crippen molar-refractivity contribution in [3.63, 3.8) is 0 Å². The van der Waals surface area contributed by atoms with Crippen LogP contribution < -0.4 is 5.32 Å². The van der Waals surface area contributed by atoms with Crippen LogP contribution in [0.15, 0.2) is 60.9 Å². The van der Waals surface area contributed by atoms with Crippen molar-refractivity contribution in [1.82, 2.24) is 9.13 Å². The van der Waals surface area contributed by atoms with Gasteiger partial charge in [0.05, 0.1) is 5.69 Å². The fraction of sp³-hybridized carbons (Fsp3) is 0.105. The van der Waals surface area contributed by atoms with Crippen LogP contribution in [0.3, 0.4) is 0 Å². The smallest absolute Gasteiger partial charge is 0.244 e. The molecule has 0 saturated carbocycles. The number of aromatic nitrogens is 2. The Hall–Kier alpha value is -2.72. The van der Waals surface area contributed by atoms with E-state index in [1.165, 1.54) is 0 Å². The summed E-state index contributed by atoms with van der Waals surface area (Å²) >= 11 is 6.19. The molecule has 24 heavy (non-hydrogen) atoms. The van der Waals surface area contributed by atoms with Gasteiger partial charge in [0.1, 0.15) is 6.54 Å². The average Bonchev–Trinajstić information content (AvgIpc) is 3.14. The van der Waals surface area contributed by atoms with Gasteiger partial charge in [-0.05, 0) is 36.4 Å². The standard InChI is InChI=1S/C19H16ClN3O/c1-22-10-8-14-16(5-3-6-17(14)22)21-19(24)12-23-11-9-13-15(20)4-2-7-18(13)23/h2-11H,12H2,1H3,(H,21,24). The second-order valence-corrected chi connectivity index (χ2v) is 6.24. The zero-order valence-electron chi connectivity index (χ0n) is 13.2. The lowest BCUT2D eigenvalue weighted by molar-refractivity contribution is -0.116. The predicted octanol–water partition coefficient (Wildman–Crippen LogP) is 4.43. The molecule has 2 heterocycles. The molecule has 0 bridgehead atoms. The third-order valence-corrected chi connectivity index (χ3v) is 4.61. The van der Waals surface area contributed by atoms with E-state index in [1.54, 1.807) is 0 Å². The van der Waals surface area contributed by atoms with E-state index < -0.39 is 0 Å². The fourth-order valence-corrected chi connectivity index (χ4v) is 3.31. The van der Waals surface area contributed by atoms with E-state index in [2.05, 4.69) is 5.32 Å². The third-order valence-electron chi connectivity index (χ3n) is 4.28. The Kier molecular flexibility index (Phi) is 3.54. The topological polar surface area (TPSA) is 39.0 Å². The van der Waals surface area contributed by atoms with Gasteiger partial charge in [-0.1, -0.05) is 23.7 Å². The summed E-state index contributed by atoms with van der Waals surface area (Å²) in [5.74, 6) is -0.0659. The highest BCUT2D eigenvalue weighted by Gasteiger charge is 2.10. The number of halogens is 1. The van der Waals surface area contributed by atoms with Crippen molar-refractivity contribution in [3.05, 3.63) is 65.9 Å². The summed E-state index contributed by atoms with van der Waals surface area (Å²) in [7, 11) is 1.99. The molecule has 0 fully saturated rings. The molecule has 0 atom stereocenters. The van der Waals surface area contributed by atoms with E-state index in [1.807, 2.05) is 77.1 Å². The summed E-state index contributed by atoms with van der Waals surface area (Å²) in [6, 6.07) is 15.6. The first kappa shape index (κ1) is 14.8. The van der Waals surface area contributed by atoms with Crippen molar-refractivity contribution in [1.29, 1.82) is 0 Å².